The predicted molar refractivity (Wildman–Crippen MR) is 81.3 cm³/mol. The summed E-state index contributed by atoms with van der Waals surface area (Å²) in [4.78, 5) is 42.8. The maximum atomic E-state index is 12.5. The van der Waals surface area contributed by atoms with Gasteiger partial charge in [-0.1, -0.05) is 42.4 Å². The quantitative estimate of drug-likeness (QED) is 0.612. The zero-order valence-electron chi connectivity index (χ0n) is 13.3. The highest BCUT2D eigenvalue weighted by molar-refractivity contribution is 6.44. The maximum Gasteiger partial charge on any atom is 0.335 e. The highest BCUT2D eigenvalue weighted by Crippen LogP contribution is 2.26. The Labute approximate surface area is 138 Å². The van der Waals surface area contributed by atoms with E-state index >= 15 is 0 Å². The van der Waals surface area contributed by atoms with Gasteiger partial charge in [-0.25, -0.2) is 14.6 Å². The number of imide groups is 2. The van der Waals surface area contributed by atoms with Crippen LogP contribution in [0.3, 0.4) is 0 Å². The number of hydrogen-bond acceptors (Lipinski definition) is 6. The minimum Gasteiger partial charge on any atom is -0.339 e. The first-order chi connectivity index (χ1) is 11.5. The Morgan fingerprint density at radius 3 is 2.46 bits per heavy atom. The monoisotopic (exact) mass is 328 g/mol. The Morgan fingerprint density at radius 2 is 1.83 bits per heavy atom. The summed E-state index contributed by atoms with van der Waals surface area (Å²) in [5.41, 5.74) is 0.765. The molecule has 2 aromatic rings. The van der Waals surface area contributed by atoms with Crippen LogP contribution in [0.1, 0.15) is 37.2 Å². The van der Waals surface area contributed by atoms with Crippen LogP contribution in [0.4, 0.5) is 4.79 Å². The van der Waals surface area contributed by atoms with Crippen molar-refractivity contribution in [2.24, 2.45) is 0 Å². The van der Waals surface area contributed by atoms with Gasteiger partial charge in [0.1, 0.15) is 0 Å². The molecule has 1 atom stereocenters. The average Bonchev–Trinajstić information content (AvgIpc) is 3.14. The molecule has 0 unspecified atom stereocenters. The standard InChI is InChI=1S/C16H16N4O4/c1-3-13-17-12(18-24-13)9-19-14(21)15(22)20(16(19)23)10(2)11-7-5-4-6-8-11/h4-8,10H,3,9H2,1-2H3/t10-/m1/s1. The Hall–Kier alpha value is -3.03. The molecule has 0 bridgehead atoms. The van der Waals surface area contributed by atoms with E-state index in [1.807, 2.05) is 25.1 Å². The van der Waals surface area contributed by atoms with Crippen LogP contribution in [0.15, 0.2) is 34.9 Å². The summed E-state index contributed by atoms with van der Waals surface area (Å²) in [7, 11) is 0. The van der Waals surface area contributed by atoms with Gasteiger partial charge in [0.25, 0.3) is 0 Å². The molecule has 0 aliphatic carbocycles. The normalized spacial score (nSPS) is 16.2. The summed E-state index contributed by atoms with van der Waals surface area (Å²) in [5, 5.41) is 3.71. The second-order valence-corrected chi connectivity index (χ2v) is 5.39. The average molecular weight is 328 g/mol. The van der Waals surface area contributed by atoms with Gasteiger partial charge in [-0.3, -0.25) is 9.59 Å². The number of aryl methyl sites for hydroxylation is 1. The maximum absolute atomic E-state index is 12.5. The molecule has 0 N–H and O–H groups in total. The molecule has 8 nitrogen and oxygen atoms in total. The third kappa shape index (κ3) is 2.66. The number of carbonyl (C=O) groups excluding carboxylic acids is 3. The molecule has 0 saturated carbocycles. The summed E-state index contributed by atoms with van der Waals surface area (Å²) in [6.45, 7) is 3.35. The molecule has 1 aromatic carbocycles. The molecule has 0 spiro atoms. The molecular formula is C16H16N4O4. The molecule has 1 fully saturated rings. The van der Waals surface area contributed by atoms with Crippen molar-refractivity contribution in [1.29, 1.82) is 0 Å². The number of nitrogens with zero attached hydrogens (tertiary/aromatic N) is 4. The van der Waals surface area contributed by atoms with Crippen LogP contribution in [-0.2, 0) is 22.6 Å². The lowest BCUT2D eigenvalue weighted by Gasteiger charge is -2.22. The van der Waals surface area contributed by atoms with E-state index in [1.54, 1.807) is 19.1 Å². The summed E-state index contributed by atoms with van der Waals surface area (Å²) >= 11 is 0. The third-order valence-electron chi connectivity index (χ3n) is 3.87. The van der Waals surface area contributed by atoms with Crippen molar-refractivity contribution in [3.63, 3.8) is 0 Å². The summed E-state index contributed by atoms with van der Waals surface area (Å²) in [6, 6.07) is 7.82. The molecule has 3 rings (SSSR count). The van der Waals surface area contributed by atoms with Gasteiger partial charge in [0.05, 0.1) is 12.6 Å². The summed E-state index contributed by atoms with van der Waals surface area (Å²) in [5.74, 6) is -1.14. The summed E-state index contributed by atoms with van der Waals surface area (Å²) < 4.78 is 4.96. The van der Waals surface area contributed by atoms with Gasteiger partial charge in [-0.15, -0.1) is 0 Å². The smallest absolute Gasteiger partial charge is 0.335 e. The van der Waals surface area contributed by atoms with E-state index in [2.05, 4.69) is 10.1 Å². The van der Waals surface area contributed by atoms with Crippen molar-refractivity contribution in [2.45, 2.75) is 32.9 Å². The highest BCUT2D eigenvalue weighted by Gasteiger charge is 2.47. The van der Waals surface area contributed by atoms with Crippen LogP contribution < -0.4 is 0 Å². The van der Waals surface area contributed by atoms with Crippen LogP contribution in [0.5, 0.6) is 0 Å². The van der Waals surface area contributed by atoms with Gasteiger partial charge in [-0.2, -0.15) is 4.98 Å². The Bertz CT molecular complexity index is 786. The SMILES string of the molecule is CCc1nc(CN2C(=O)C(=O)N([C@H](C)c3ccccc3)C2=O)no1. The van der Waals surface area contributed by atoms with Crippen LogP contribution >= 0.6 is 0 Å². The molecule has 1 aliphatic rings. The zero-order chi connectivity index (χ0) is 17.3. The zero-order valence-corrected chi connectivity index (χ0v) is 13.3. The minimum atomic E-state index is -0.884. The van der Waals surface area contributed by atoms with Crippen molar-refractivity contribution in [3.05, 3.63) is 47.6 Å². The molecule has 2 heterocycles. The number of carbonyl (C=O) groups is 3. The topological polar surface area (TPSA) is 96.6 Å². The van der Waals surface area contributed by atoms with Crippen LogP contribution in [0.25, 0.3) is 0 Å². The second kappa shape index (κ2) is 6.23. The number of rotatable bonds is 5. The first-order valence-electron chi connectivity index (χ1n) is 7.58. The molecule has 1 aliphatic heterocycles. The molecule has 0 radical (unpaired) electrons. The fourth-order valence-electron chi connectivity index (χ4n) is 2.52. The van der Waals surface area contributed by atoms with Crippen molar-refractivity contribution >= 4 is 17.8 Å². The van der Waals surface area contributed by atoms with Gasteiger partial charge >= 0.3 is 17.8 Å². The lowest BCUT2D eigenvalue weighted by molar-refractivity contribution is -0.144. The lowest BCUT2D eigenvalue weighted by atomic mass is 10.1. The predicted octanol–water partition coefficient (Wildman–Crippen LogP) is 1.68. The molecule has 8 heteroatoms. The van der Waals surface area contributed by atoms with E-state index < -0.39 is 23.9 Å². The number of aromatic nitrogens is 2. The van der Waals surface area contributed by atoms with E-state index in [-0.39, 0.29) is 12.4 Å². The second-order valence-electron chi connectivity index (χ2n) is 5.39. The molecule has 124 valence electrons. The van der Waals surface area contributed by atoms with Crippen LogP contribution in [-0.4, -0.2) is 37.8 Å². The summed E-state index contributed by atoms with van der Waals surface area (Å²) in [6.07, 6.45) is 0.547. The van der Waals surface area contributed by atoms with E-state index in [0.29, 0.717) is 12.3 Å². The van der Waals surface area contributed by atoms with Crippen LogP contribution in [0.2, 0.25) is 0 Å². The fraction of sp³-hybridized carbons (Fsp3) is 0.312. The number of amides is 4. The first-order valence-corrected chi connectivity index (χ1v) is 7.58. The molecule has 1 saturated heterocycles. The number of benzene rings is 1. The lowest BCUT2D eigenvalue weighted by Crippen LogP contribution is -2.35. The van der Waals surface area contributed by atoms with E-state index in [1.165, 1.54) is 0 Å². The van der Waals surface area contributed by atoms with Crippen molar-refractivity contribution < 1.29 is 18.9 Å². The first kappa shape index (κ1) is 15.9. The van der Waals surface area contributed by atoms with E-state index in [0.717, 1.165) is 15.4 Å². The van der Waals surface area contributed by atoms with E-state index in [9.17, 15) is 14.4 Å². The Kier molecular flexibility index (Phi) is 4.11. The van der Waals surface area contributed by atoms with E-state index in [4.69, 9.17) is 4.52 Å². The van der Waals surface area contributed by atoms with Gasteiger partial charge in [0, 0.05) is 6.42 Å². The largest absolute Gasteiger partial charge is 0.339 e. The molecule has 1 aromatic heterocycles. The van der Waals surface area contributed by atoms with Gasteiger partial charge in [-0.05, 0) is 12.5 Å². The molecule has 4 amide bonds. The van der Waals surface area contributed by atoms with Gasteiger partial charge in [0.15, 0.2) is 5.82 Å². The number of hydrogen-bond donors (Lipinski definition) is 0. The minimum absolute atomic E-state index is 0.190. The van der Waals surface area contributed by atoms with Crippen molar-refractivity contribution in [1.82, 2.24) is 19.9 Å². The number of urea groups is 1. The van der Waals surface area contributed by atoms with Crippen molar-refractivity contribution in [3.8, 4) is 0 Å². The Balaban J connectivity index is 1.82. The molecular weight excluding hydrogens is 312 g/mol. The Morgan fingerprint density at radius 1 is 1.12 bits per heavy atom. The third-order valence-corrected chi connectivity index (χ3v) is 3.87. The molecule has 24 heavy (non-hydrogen) atoms. The van der Waals surface area contributed by atoms with Gasteiger partial charge in [0.2, 0.25) is 5.89 Å². The fourth-order valence-corrected chi connectivity index (χ4v) is 2.52. The van der Waals surface area contributed by atoms with Crippen molar-refractivity contribution in [2.75, 3.05) is 0 Å². The van der Waals surface area contributed by atoms with Gasteiger partial charge < -0.3 is 4.52 Å². The van der Waals surface area contributed by atoms with Crippen LogP contribution in [0, 0.1) is 0 Å². The highest BCUT2D eigenvalue weighted by atomic mass is 16.5.